The standard InChI is InChI=1S/C32H42BrN5O5S/c1-22(2)20-38(44(42,43)27-15-13-25(34)14-16-27)26(21-39)10-6-7-17-36-32(41)30(19-24-9-4-5-12-29(24)33)37-31(40)28-11-8-18-35-23(28)3/h4-5,8-9,11-16,18,22,26,30,39H,6-7,10,17,19-21,34H2,1-3H3,(H,36,41)(H,37,40)/t26-,30+/m0/s1. The van der Waals surface area contributed by atoms with E-state index in [1.54, 1.807) is 37.4 Å². The van der Waals surface area contributed by atoms with E-state index in [0.29, 0.717) is 42.8 Å². The van der Waals surface area contributed by atoms with E-state index in [1.807, 2.05) is 38.1 Å². The number of rotatable bonds is 16. The molecular weight excluding hydrogens is 646 g/mol. The van der Waals surface area contributed by atoms with Crippen molar-refractivity contribution in [2.24, 2.45) is 5.92 Å². The number of sulfonamides is 1. The van der Waals surface area contributed by atoms with Crippen molar-refractivity contribution < 1.29 is 23.1 Å². The molecule has 1 heterocycles. The van der Waals surface area contributed by atoms with Crippen molar-refractivity contribution in [3.63, 3.8) is 0 Å². The van der Waals surface area contributed by atoms with Crippen molar-refractivity contribution in [3.05, 3.63) is 88.2 Å². The fourth-order valence-corrected chi connectivity index (χ4v) is 7.05. The molecule has 0 aliphatic heterocycles. The number of hydrogen-bond acceptors (Lipinski definition) is 7. The van der Waals surface area contributed by atoms with Crippen LogP contribution in [0.25, 0.3) is 0 Å². The summed E-state index contributed by atoms with van der Waals surface area (Å²) in [4.78, 5) is 30.7. The fourth-order valence-electron chi connectivity index (χ4n) is 4.80. The molecule has 3 rings (SSSR count). The first kappa shape index (κ1) is 35.2. The first-order valence-electron chi connectivity index (χ1n) is 14.7. The fraction of sp³-hybridized carbons (Fsp3) is 0.406. The van der Waals surface area contributed by atoms with Gasteiger partial charge in [0.25, 0.3) is 5.91 Å². The predicted molar refractivity (Wildman–Crippen MR) is 175 cm³/mol. The maximum Gasteiger partial charge on any atom is 0.253 e. The smallest absolute Gasteiger partial charge is 0.253 e. The quantitative estimate of drug-likeness (QED) is 0.131. The number of carbonyl (C=O) groups is 2. The van der Waals surface area contributed by atoms with Crippen LogP contribution in [0.2, 0.25) is 0 Å². The second kappa shape index (κ2) is 16.7. The van der Waals surface area contributed by atoms with Crippen molar-refractivity contribution in [1.82, 2.24) is 19.9 Å². The van der Waals surface area contributed by atoms with E-state index in [2.05, 4.69) is 31.5 Å². The highest BCUT2D eigenvalue weighted by atomic mass is 79.9. The van der Waals surface area contributed by atoms with Crippen LogP contribution in [0.1, 0.15) is 54.7 Å². The molecule has 2 amide bonds. The molecule has 44 heavy (non-hydrogen) atoms. The third-order valence-corrected chi connectivity index (χ3v) is 9.87. The lowest BCUT2D eigenvalue weighted by atomic mass is 10.0. The number of nitrogens with one attached hydrogen (secondary N) is 2. The van der Waals surface area contributed by atoms with Crippen LogP contribution in [-0.4, -0.2) is 66.4 Å². The van der Waals surface area contributed by atoms with E-state index in [1.165, 1.54) is 16.4 Å². The van der Waals surface area contributed by atoms with Gasteiger partial charge in [0.1, 0.15) is 6.04 Å². The minimum Gasteiger partial charge on any atom is -0.399 e. The summed E-state index contributed by atoms with van der Waals surface area (Å²) in [6.07, 6.45) is 3.40. The Bertz CT molecular complexity index is 1500. The van der Waals surface area contributed by atoms with Crippen LogP contribution in [0.3, 0.4) is 0 Å². The van der Waals surface area contributed by atoms with Crippen LogP contribution in [0.15, 0.2) is 76.2 Å². The molecule has 5 N–H and O–H groups in total. The molecular formula is C32H42BrN5O5S. The average Bonchev–Trinajstić information content (AvgIpc) is 2.99. The van der Waals surface area contributed by atoms with Crippen LogP contribution in [0.4, 0.5) is 5.69 Å². The molecule has 10 nitrogen and oxygen atoms in total. The molecule has 0 fully saturated rings. The summed E-state index contributed by atoms with van der Waals surface area (Å²) in [5, 5.41) is 16.0. The van der Waals surface area contributed by atoms with Crippen molar-refractivity contribution in [3.8, 4) is 0 Å². The second-order valence-electron chi connectivity index (χ2n) is 11.1. The van der Waals surface area contributed by atoms with E-state index in [4.69, 9.17) is 5.73 Å². The van der Waals surface area contributed by atoms with E-state index in [9.17, 15) is 23.1 Å². The zero-order chi connectivity index (χ0) is 32.3. The Hall–Kier alpha value is -3.32. The molecule has 0 unspecified atom stereocenters. The Labute approximate surface area is 268 Å². The number of hydrogen-bond donors (Lipinski definition) is 4. The molecule has 0 bridgehead atoms. The first-order chi connectivity index (χ1) is 20.9. The largest absolute Gasteiger partial charge is 0.399 e. The predicted octanol–water partition coefficient (Wildman–Crippen LogP) is 4.07. The van der Waals surface area contributed by atoms with Crippen molar-refractivity contribution in [2.45, 2.75) is 63.4 Å². The van der Waals surface area contributed by atoms with Gasteiger partial charge >= 0.3 is 0 Å². The summed E-state index contributed by atoms with van der Waals surface area (Å²) in [5.41, 5.74) is 8.04. The van der Waals surface area contributed by atoms with Gasteiger partial charge in [-0.2, -0.15) is 4.31 Å². The number of pyridine rings is 1. The normalized spacial score (nSPS) is 13.1. The summed E-state index contributed by atoms with van der Waals surface area (Å²) in [6, 6.07) is 15.4. The highest BCUT2D eigenvalue weighted by Crippen LogP contribution is 2.23. The molecule has 0 aliphatic rings. The number of aromatic nitrogens is 1. The van der Waals surface area contributed by atoms with Gasteiger partial charge in [-0.15, -0.1) is 0 Å². The van der Waals surface area contributed by atoms with Crippen LogP contribution in [-0.2, 0) is 21.2 Å². The van der Waals surface area contributed by atoms with Gasteiger partial charge in [0.15, 0.2) is 0 Å². The first-order valence-corrected chi connectivity index (χ1v) is 16.9. The number of carbonyl (C=O) groups excluding carboxylic acids is 2. The number of unbranched alkanes of at least 4 members (excludes halogenated alkanes) is 1. The van der Waals surface area contributed by atoms with Crippen LogP contribution in [0, 0.1) is 12.8 Å². The number of halogens is 1. The Morgan fingerprint density at radius 3 is 2.39 bits per heavy atom. The molecule has 12 heteroatoms. The van der Waals surface area contributed by atoms with Gasteiger partial charge in [-0.05, 0) is 73.7 Å². The molecule has 2 atom stereocenters. The molecule has 0 saturated carbocycles. The van der Waals surface area contributed by atoms with Gasteiger partial charge in [-0.1, -0.05) is 54.4 Å². The number of nitrogens with two attached hydrogens (primary N) is 1. The van der Waals surface area contributed by atoms with Gasteiger partial charge in [-0.25, -0.2) is 8.42 Å². The summed E-state index contributed by atoms with van der Waals surface area (Å²) in [6.45, 7) is 5.83. The minimum atomic E-state index is -3.86. The lowest BCUT2D eigenvalue weighted by Crippen LogP contribution is -2.48. The summed E-state index contributed by atoms with van der Waals surface area (Å²) >= 11 is 3.52. The number of benzene rings is 2. The van der Waals surface area contributed by atoms with Crippen molar-refractivity contribution in [2.75, 3.05) is 25.4 Å². The van der Waals surface area contributed by atoms with E-state index >= 15 is 0 Å². The van der Waals surface area contributed by atoms with Gasteiger partial charge in [0.2, 0.25) is 15.9 Å². The maximum absolute atomic E-state index is 13.5. The molecule has 0 radical (unpaired) electrons. The highest BCUT2D eigenvalue weighted by molar-refractivity contribution is 9.10. The Morgan fingerprint density at radius 2 is 1.75 bits per heavy atom. The van der Waals surface area contributed by atoms with Gasteiger partial charge in [0, 0.05) is 47.6 Å². The molecule has 0 aliphatic carbocycles. The van der Waals surface area contributed by atoms with Gasteiger partial charge in [-0.3, -0.25) is 14.6 Å². The van der Waals surface area contributed by atoms with Crippen LogP contribution < -0.4 is 16.4 Å². The lowest BCUT2D eigenvalue weighted by Gasteiger charge is -2.31. The molecule has 0 spiro atoms. The second-order valence-corrected chi connectivity index (χ2v) is 13.9. The minimum absolute atomic E-state index is 0.0409. The van der Waals surface area contributed by atoms with Crippen molar-refractivity contribution in [1.29, 1.82) is 0 Å². The summed E-state index contributed by atoms with van der Waals surface area (Å²) < 4.78 is 29.2. The SMILES string of the molecule is Cc1ncccc1C(=O)N[C@H](Cc1ccccc1Br)C(=O)NCCCC[C@@H](CO)N(CC(C)C)S(=O)(=O)c1ccc(N)cc1. The van der Waals surface area contributed by atoms with E-state index < -0.39 is 22.1 Å². The lowest BCUT2D eigenvalue weighted by molar-refractivity contribution is -0.122. The third-order valence-electron chi connectivity index (χ3n) is 7.17. The van der Waals surface area contributed by atoms with Gasteiger partial charge < -0.3 is 21.5 Å². The zero-order valence-corrected chi connectivity index (χ0v) is 27.8. The number of nitrogen functional groups attached to an aromatic ring is 1. The zero-order valence-electron chi connectivity index (χ0n) is 25.4. The summed E-state index contributed by atoms with van der Waals surface area (Å²) in [5.74, 6) is -0.679. The Morgan fingerprint density at radius 1 is 1.05 bits per heavy atom. The van der Waals surface area contributed by atoms with E-state index in [-0.39, 0.29) is 42.2 Å². The molecule has 238 valence electrons. The number of aliphatic hydroxyl groups is 1. The number of nitrogens with zero attached hydrogens (tertiary/aromatic N) is 2. The molecule has 3 aromatic rings. The monoisotopic (exact) mass is 687 g/mol. The molecule has 0 saturated heterocycles. The molecule has 1 aromatic heterocycles. The number of amides is 2. The van der Waals surface area contributed by atoms with Gasteiger partial charge in [0.05, 0.1) is 17.1 Å². The highest BCUT2D eigenvalue weighted by Gasteiger charge is 2.31. The Kier molecular flexibility index (Phi) is 13.3. The van der Waals surface area contributed by atoms with Crippen LogP contribution >= 0.6 is 15.9 Å². The molecule has 2 aromatic carbocycles. The average molecular weight is 689 g/mol. The Balaban J connectivity index is 1.64. The maximum atomic E-state index is 13.5. The summed E-state index contributed by atoms with van der Waals surface area (Å²) in [7, 11) is -3.86. The topological polar surface area (TPSA) is 155 Å². The van der Waals surface area contributed by atoms with Crippen molar-refractivity contribution >= 4 is 43.5 Å². The van der Waals surface area contributed by atoms with Crippen LogP contribution in [0.5, 0.6) is 0 Å². The third kappa shape index (κ3) is 9.85. The number of aryl methyl sites for hydroxylation is 1. The number of anilines is 1. The number of aliphatic hydroxyl groups excluding tert-OH is 1. The van der Waals surface area contributed by atoms with E-state index in [0.717, 1.165) is 10.0 Å².